The molecule has 9 heteroatoms. The monoisotopic (exact) mass is 426 g/mol. The summed E-state index contributed by atoms with van der Waals surface area (Å²) >= 11 is 0. The quantitative estimate of drug-likeness (QED) is 0.622. The molecule has 3 aliphatic rings. The summed E-state index contributed by atoms with van der Waals surface area (Å²) in [5, 5.41) is 2.98. The van der Waals surface area contributed by atoms with Crippen molar-refractivity contribution in [1.82, 2.24) is 19.4 Å². The number of carbonyl (C=O) groups excluding carboxylic acids is 1. The summed E-state index contributed by atoms with van der Waals surface area (Å²) in [5.41, 5.74) is 0. The number of carbonyl (C=O) groups is 1. The van der Waals surface area contributed by atoms with Gasteiger partial charge in [0.05, 0.1) is 11.0 Å². The molecular formula is C20H34N4O4S. The zero-order valence-electron chi connectivity index (χ0n) is 17.4. The maximum Gasteiger partial charge on any atom is 0.317 e. The molecule has 1 N–H and O–H groups in total. The molecule has 0 aromatic carbocycles. The van der Waals surface area contributed by atoms with Gasteiger partial charge < -0.3 is 19.9 Å². The summed E-state index contributed by atoms with van der Waals surface area (Å²) in [6, 6.07) is -0.0968. The van der Waals surface area contributed by atoms with Crippen LogP contribution in [0.25, 0.3) is 0 Å². The molecule has 1 aliphatic carbocycles. The molecule has 0 bridgehead atoms. The van der Waals surface area contributed by atoms with Gasteiger partial charge >= 0.3 is 6.03 Å². The van der Waals surface area contributed by atoms with Crippen molar-refractivity contribution in [2.45, 2.75) is 38.2 Å². The van der Waals surface area contributed by atoms with Crippen LogP contribution in [0.4, 0.5) is 4.79 Å². The van der Waals surface area contributed by atoms with Gasteiger partial charge in [-0.2, -0.15) is 4.31 Å². The van der Waals surface area contributed by atoms with Crippen molar-refractivity contribution in [2.24, 2.45) is 0 Å². The molecule has 1 unspecified atom stereocenters. The highest BCUT2D eigenvalue weighted by molar-refractivity contribution is 7.93. The fourth-order valence-corrected chi connectivity index (χ4v) is 5.52. The Morgan fingerprint density at radius 3 is 2.48 bits per heavy atom. The molecule has 2 heterocycles. The van der Waals surface area contributed by atoms with E-state index in [2.05, 4.69) is 10.2 Å². The van der Waals surface area contributed by atoms with Gasteiger partial charge in [0.25, 0.3) is 0 Å². The largest absolute Gasteiger partial charge is 0.377 e. The molecule has 0 radical (unpaired) electrons. The van der Waals surface area contributed by atoms with E-state index in [1.54, 1.807) is 30.2 Å². The molecule has 0 spiro atoms. The van der Waals surface area contributed by atoms with Gasteiger partial charge in [0.1, 0.15) is 0 Å². The second-order valence-corrected chi connectivity index (χ2v) is 9.79. The molecule has 2 aliphatic heterocycles. The Labute approximate surface area is 174 Å². The lowest BCUT2D eigenvalue weighted by Gasteiger charge is -2.34. The fraction of sp³-hybridized carbons (Fsp3) is 0.750. The van der Waals surface area contributed by atoms with Crippen LogP contribution in [-0.2, 0) is 14.8 Å². The first-order chi connectivity index (χ1) is 14.0. The van der Waals surface area contributed by atoms with Crippen LogP contribution in [0.5, 0.6) is 0 Å². The van der Waals surface area contributed by atoms with Crippen molar-refractivity contribution < 1.29 is 17.9 Å². The standard InChI is InChI=1S/C20H34N4O4S/c1-28-18-6-8-19(9-7-18)29(26,27)24-16-14-23(15-17-24)20(25)21-10-5-13-22-11-3-2-4-12-22/h6,8-9,18H,2-5,7,10-17H2,1H3,(H,21,25). The average Bonchev–Trinajstić information content (AvgIpc) is 2.77. The number of methoxy groups -OCH3 is 1. The molecule has 0 aromatic rings. The van der Waals surface area contributed by atoms with Gasteiger partial charge in [-0.3, -0.25) is 0 Å². The van der Waals surface area contributed by atoms with Gasteiger partial charge in [0, 0.05) is 39.8 Å². The first-order valence-electron chi connectivity index (χ1n) is 10.7. The maximum atomic E-state index is 12.8. The molecular weight excluding hydrogens is 392 g/mol. The number of hydrogen-bond donors (Lipinski definition) is 1. The van der Waals surface area contributed by atoms with E-state index in [1.807, 2.05) is 0 Å². The molecule has 164 valence electrons. The van der Waals surface area contributed by atoms with Crippen molar-refractivity contribution in [3.63, 3.8) is 0 Å². The third-order valence-corrected chi connectivity index (χ3v) is 7.81. The number of hydrogen-bond acceptors (Lipinski definition) is 5. The van der Waals surface area contributed by atoms with Gasteiger partial charge in [0.2, 0.25) is 10.0 Å². The molecule has 2 saturated heterocycles. The maximum absolute atomic E-state index is 12.8. The molecule has 29 heavy (non-hydrogen) atoms. The molecule has 2 fully saturated rings. The molecule has 0 aromatic heterocycles. The third-order valence-electron chi connectivity index (χ3n) is 5.87. The van der Waals surface area contributed by atoms with E-state index in [4.69, 9.17) is 4.74 Å². The second kappa shape index (κ2) is 10.6. The number of piperidine rings is 1. The SMILES string of the molecule is COC1C=CC(S(=O)(=O)N2CCN(C(=O)NCCCN3CCCCC3)CC2)=CC1. The highest BCUT2D eigenvalue weighted by atomic mass is 32.2. The second-order valence-electron chi connectivity index (χ2n) is 7.85. The van der Waals surface area contributed by atoms with Gasteiger partial charge in [-0.05, 0) is 51.4 Å². The Balaban J connectivity index is 1.38. The number of allylic oxidation sites excluding steroid dienone is 1. The van der Waals surface area contributed by atoms with Crippen LogP contribution < -0.4 is 5.32 Å². The summed E-state index contributed by atoms with van der Waals surface area (Å²) in [4.78, 5) is 16.9. The van der Waals surface area contributed by atoms with E-state index in [9.17, 15) is 13.2 Å². The van der Waals surface area contributed by atoms with Gasteiger partial charge in [-0.25, -0.2) is 13.2 Å². The predicted octanol–water partition coefficient (Wildman–Crippen LogP) is 1.38. The third kappa shape index (κ3) is 6.04. The topological polar surface area (TPSA) is 82.2 Å². The van der Waals surface area contributed by atoms with Crippen LogP contribution in [0, 0.1) is 0 Å². The normalized spacial score (nSPS) is 24.4. The predicted molar refractivity (Wildman–Crippen MR) is 113 cm³/mol. The van der Waals surface area contributed by atoms with E-state index < -0.39 is 10.0 Å². The zero-order valence-corrected chi connectivity index (χ0v) is 18.2. The van der Waals surface area contributed by atoms with Crippen molar-refractivity contribution in [1.29, 1.82) is 0 Å². The van der Waals surface area contributed by atoms with Gasteiger partial charge in [0.15, 0.2) is 0 Å². The minimum absolute atomic E-state index is 0.0654. The smallest absolute Gasteiger partial charge is 0.317 e. The Kier molecular flexibility index (Phi) is 8.11. The van der Waals surface area contributed by atoms with Crippen LogP contribution in [0.3, 0.4) is 0 Å². The van der Waals surface area contributed by atoms with E-state index in [-0.39, 0.29) is 12.1 Å². The fourth-order valence-electron chi connectivity index (χ4n) is 4.02. The first-order valence-corrected chi connectivity index (χ1v) is 12.1. The minimum Gasteiger partial charge on any atom is -0.377 e. The number of nitrogens with one attached hydrogen (secondary N) is 1. The van der Waals surface area contributed by atoms with Crippen molar-refractivity contribution in [3.8, 4) is 0 Å². The summed E-state index contributed by atoms with van der Waals surface area (Å²) < 4.78 is 32.3. The number of nitrogens with zero attached hydrogens (tertiary/aromatic N) is 3. The molecule has 8 nitrogen and oxygen atoms in total. The molecule has 2 amide bonds. The van der Waals surface area contributed by atoms with Crippen molar-refractivity contribution in [3.05, 3.63) is 23.1 Å². The Bertz CT molecular complexity index is 708. The Hall–Kier alpha value is -1.42. The number of piperazine rings is 1. The number of amides is 2. The summed E-state index contributed by atoms with van der Waals surface area (Å²) in [6.45, 7) is 5.49. The average molecular weight is 427 g/mol. The van der Waals surface area contributed by atoms with Crippen LogP contribution in [0.15, 0.2) is 23.1 Å². The number of rotatable bonds is 7. The Morgan fingerprint density at radius 2 is 1.86 bits per heavy atom. The summed E-state index contributed by atoms with van der Waals surface area (Å²) in [5.74, 6) is 0. The number of likely N-dealkylation sites (tertiary alicyclic amines) is 1. The van der Waals surface area contributed by atoms with E-state index in [1.165, 1.54) is 36.7 Å². The van der Waals surface area contributed by atoms with E-state index in [0.717, 1.165) is 13.0 Å². The number of ether oxygens (including phenoxy) is 1. The minimum atomic E-state index is -3.51. The lowest BCUT2D eigenvalue weighted by atomic mass is 10.1. The van der Waals surface area contributed by atoms with E-state index >= 15 is 0 Å². The molecule has 0 saturated carbocycles. The van der Waals surface area contributed by atoms with Gasteiger partial charge in [-0.1, -0.05) is 18.6 Å². The molecule has 3 rings (SSSR count). The van der Waals surface area contributed by atoms with Crippen LogP contribution in [0.1, 0.15) is 32.1 Å². The summed E-state index contributed by atoms with van der Waals surface area (Å²) in [7, 11) is -1.90. The lowest BCUT2D eigenvalue weighted by Crippen LogP contribution is -2.53. The highest BCUT2D eigenvalue weighted by Gasteiger charge is 2.31. The van der Waals surface area contributed by atoms with E-state index in [0.29, 0.717) is 44.0 Å². The number of urea groups is 1. The molecule has 1 atom stereocenters. The van der Waals surface area contributed by atoms with Crippen LogP contribution in [0.2, 0.25) is 0 Å². The van der Waals surface area contributed by atoms with Crippen molar-refractivity contribution in [2.75, 3.05) is 59.5 Å². The van der Waals surface area contributed by atoms with Gasteiger partial charge in [-0.15, -0.1) is 0 Å². The number of sulfonamides is 1. The van der Waals surface area contributed by atoms with Crippen LogP contribution in [-0.4, -0.2) is 94.1 Å². The lowest BCUT2D eigenvalue weighted by molar-refractivity contribution is 0.142. The first kappa shape index (κ1) is 22.3. The summed E-state index contributed by atoms with van der Waals surface area (Å²) in [6.07, 6.45) is 10.4. The highest BCUT2D eigenvalue weighted by Crippen LogP contribution is 2.22. The van der Waals surface area contributed by atoms with Crippen molar-refractivity contribution >= 4 is 16.1 Å². The van der Waals surface area contributed by atoms with Crippen LogP contribution >= 0.6 is 0 Å². The Morgan fingerprint density at radius 1 is 1.14 bits per heavy atom. The zero-order chi connectivity index (χ0) is 20.7.